The van der Waals surface area contributed by atoms with Gasteiger partial charge in [-0.25, -0.2) is 9.78 Å². The van der Waals surface area contributed by atoms with Gasteiger partial charge in [0.2, 0.25) is 0 Å². The molecule has 20 heavy (non-hydrogen) atoms. The van der Waals surface area contributed by atoms with Crippen LogP contribution >= 0.6 is 0 Å². The van der Waals surface area contributed by atoms with Crippen molar-refractivity contribution in [1.82, 2.24) is 14.9 Å². The number of imidazole rings is 1. The van der Waals surface area contributed by atoms with Crippen LogP contribution in [-0.4, -0.2) is 15.6 Å². The second-order valence-corrected chi connectivity index (χ2v) is 4.75. The Morgan fingerprint density at radius 3 is 2.90 bits per heavy atom. The van der Waals surface area contributed by atoms with Gasteiger partial charge in [0.15, 0.2) is 0 Å². The molecule has 0 spiro atoms. The molecule has 0 bridgehead atoms. The van der Waals surface area contributed by atoms with Gasteiger partial charge in [0.05, 0.1) is 11.0 Å². The molecule has 2 aromatic carbocycles. The third kappa shape index (κ3) is 2.40. The molecule has 3 rings (SSSR count). The van der Waals surface area contributed by atoms with Gasteiger partial charge in [0.25, 0.3) is 0 Å². The fraction of sp³-hybridized carbons (Fsp3) is 0.125. The predicted molar refractivity (Wildman–Crippen MR) is 78.5 cm³/mol. The average molecular weight is 265 g/mol. The van der Waals surface area contributed by atoms with Crippen LogP contribution in [0.2, 0.25) is 0 Å². The summed E-state index contributed by atoms with van der Waals surface area (Å²) in [5.74, 6) is 0. The fourth-order valence-corrected chi connectivity index (χ4v) is 2.21. The molecule has 3 aromatic rings. The van der Waals surface area contributed by atoms with Gasteiger partial charge in [0, 0.05) is 6.54 Å². The van der Waals surface area contributed by atoms with Crippen LogP contribution < -0.4 is 5.32 Å². The Kier molecular flexibility index (Phi) is 3.21. The summed E-state index contributed by atoms with van der Waals surface area (Å²) in [6, 6.07) is 15.5. The van der Waals surface area contributed by atoms with E-state index in [0.717, 1.165) is 16.6 Å². The first kappa shape index (κ1) is 12.4. The average Bonchev–Trinajstić information content (AvgIpc) is 2.89. The lowest BCUT2D eigenvalue weighted by molar-refractivity contribution is 0.243. The number of hydrogen-bond acceptors (Lipinski definition) is 2. The summed E-state index contributed by atoms with van der Waals surface area (Å²) in [5.41, 5.74) is 3.90. The Morgan fingerprint density at radius 1 is 1.20 bits per heavy atom. The summed E-state index contributed by atoms with van der Waals surface area (Å²) in [6.45, 7) is 2.54. The Morgan fingerprint density at radius 2 is 2.05 bits per heavy atom. The Balaban J connectivity index is 1.76. The quantitative estimate of drug-likeness (QED) is 0.774. The number of fused-ring (bicyclic) bond motifs is 1. The zero-order chi connectivity index (χ0) is 13.9. The van der Waals surface area contributed by atoms with Gasteiger partial charge < -0.3 is 5.32 Å². The molecule has 1 N–H and O–H groups in total. The molecular weight excluding hydrogens is 250 g/mol. The third-order valence-corrected chi connectivity index (χ3v) is 3.20. The van der Waals surface area contributed by atoms with E-state index in [2.05, 4.69) is 16.4 Å². The molecule has 0 atom stereocenters. The number of aryl methyl sites for hydroxylation is 1. The predicted octanol–water partition coefficient (Wildman–Crippen LogP) is 3.10. The van der Waals surface area contributed by atoms with Crippen LogP contribution in [0.1, 0.15) is 11.1 Å². The van der Waals surface area contributed by atoms with Crippen molar-refractivity contribution in [3.8, 4) is 0 Å². The Hall–Kier alpha value is -2.62. The van der Waals surface area contributed by atoms with Crippen LogP contribution in [0.5, 0.6) is 0 Å². The number of carbonyl (C=O) groups is 1. The summed E-state index contributed by atoms with van der Waals surface area (Å²) in [4.78, 5) is 16.4. The van der Waals surface area contributed by atoms with E-state index >= 15 is 0 Å². The molecular formula is C16H15N3O. The molecule has 0 radical (unpaired) electrons. The molecule has 4 heteroatoms. The second kappa shape index (κ2) is 5.17. The highest BCUT2D eigenvalue weighted by atomic mass is 16.2. The normalized spacial score (nSPS) is 10.7. The van der Waals surface area contributed by atoms with E-state index in [1.54, 1.807) is 6.33 Å². The number of rotatable bonds is 2. The maximum absolute atomic E-state index is 12.2. The van der Waals surface area contributed by atoms with E-state index in [9.17, 15) is 4.79 Å². The lowest BCUT2D eigenvalue weighted by Crippen LogP contribution is -2.27. The maximum atomic E-state index is 12.2. The first-order valence-corrected chi connectivity index (χ1v) is 6.50. The van der Waals surface area contributed by atoms with E-state index in [-0.39, 0.29) is 6.03 Å². The summed E-state index contributed by atoms with van der Waals surface area (Å²) >= 11 is 0. The number of amides is 1. The van der Waals surface area contributed by atoms with Crippen molar-refractivity contribution in [2.24, 2.45) is 0 Å². The first-order valence-electron chi connectivity index (χ1n) is 6.50. The van der Waals surface area contributed by atoms with Crippen LogP contribution in [0.15, 0.2) is 54.9 Å². The molecule has 1 heterocycles. The van der Waals surface area contributed by atoms with E-state index in [0.29, 0.717) is 6.54 Å². The lowest BCUT2D eigenvalue weighted by Gasteiger charge is -2.07. The van der Waals surface area contributed by atoms with Crippen molar-refractivity contribution in [2.45, 2.75) is 13.5 Å². The van der Waals surface area contributed by atoms with E-state index < -0.39 is 0 Å². The maximum Gasteiger partial charge on any atom is 0.327 e. The van der Waals surface area contributed by atoms with Crippen LogP contribution in [-0.2, 0) is 6.54 Å². The van der Waals surface area contributed by atoms with Crippen LogP contribution in [0.3, 0.4) is 0 Å². The van der Waals surface area contributed by atoms with E-state index in [4.69, 9.17) is 0 Å². The second-order valence-electron chi connectivity index (χ2n) is 4.75. The molecule has 0 saturated carbocycles. The number of carbonyl (C=O) groups excluding carboxylic acids is 1. The van der Waals surface area contributed by atoms with E-state index in [1.165, 1.54) is 10.1 Å². The smallest absolute Gasteiger partial charge is 0.327 e. The number of nitrogens with one attached hydrogen (secondary N) is 1. The summed E-state index contributed by atoms with van der Waals surface area (Å²) < 4.78 is 1.53. The topological polar surface area (TPSA) is 46.9 Å². The SMILES string of the molecule is Cc1cccc(CNC(=O)n2cnc3ccccc32)c1. The highest BCUT2D eigenvalue weighted by molar-refractivity contribution is 5.88. The molecule has 0 aliphatic carbocycles. The third-order valence-electron chi connectivity index (χ3n) is 3.20. The van der Waals surface area contributed by atoms with Gasteiger partial charge in [-0.05, 0) is 24.6 Å². The van der Waals surface area contributed by atoms with E-state index in [1.807, 2.05) is 49.4 Å². The van der Waals surface area contributed by atoms with Crippen LogP contribution in [0.4, 0.5) is 4.79 Å². The van der Waals surface area contributed by atoms with Gasteiger partial charge in [0.1, 0.15) is 6.33 Å². The van der Waals surface area contributed by atoms with Crippen molar-refractivity contribution in [3.63, 3.8) is 0 Å². The number of nitrogens with zero attached hydrogens (tertiary/aromatic N) is 2. The minimum Gasteiger partial charge on any atom is -0.333 e. The van der Waals surface area contributed by atoms with Crippen molar-refractivity contribution < 1.29 is 4.79 Å². The molecule has 0 saturated heterocycles. The van der Waals surface area contributed by atoms with Crippen molar-refractivity contribution >= 4 is 17.1 Å². The van der Waals surface area contributed by atoms with Gasteiger partial charge in [-0.2, -0.15) is 0 Å². The summed E-state index contributed by atoms with van der Waals surface area (Å²) in [7, 11) is 0. The molecule has 0 unspecified atom stereocenters. The standard InChI is InChI=1S/C16H15N3O/c1-12-5-4-6-13(9-12)10-17-16(20)19-11-18-14-7-2-3-8-15(14)19/h2-9,11H,10H2,1H3,(H,17,20). The highest BCUT2D eigenvalue weighted by Crippen LogP contribution is 2.11. The summed E-state index contributed by atoms with van der Waals surface area (Å²) in [6.07, 6.45) is 1.55. The molecule has 100 valence electrons. The number of benzene rings is 2. The molecule has 0 aliphatic rings. The zero-order valence-electron chi connectivity index (χ0n) is 11.2. The van der Waals surface area contributed by atoms with Gasteiger partial charge in [-0.15, -0.1) is 0 Å². The minimum absolute atomic E-state index is 0.166. The van der Waals surface area contributed by atoms with Crippen molar-refractivity contribution in [1.29, 1.82) is 0 Å². The lowest BCUT2D eigenvalue weighted by atomic mass is 10.1. The monoisotopic (exact) mass is 265 g/mol. The fourth-order valence-electron chi connectivity index (χ4n) is 2.21. The summed E-state index contributed by atoms with van der Waals surface area (Å²) in [5, 5.41) is 2.90. The molecule has 1 amide bonds. The Bertz CT molecular complexity index is 761. The Labute approximate surface area is 117 Å². The minimum atomic E-state index is -0.166. The number of aromatic nitrogens is 2. The van der Waals surface area contributed by atoms with Gasteiger partial charge in [-0.3, -0.25) is 4.57 Å². The zero-order valence-corrected chi connectivity index (χ0v) is 11.2. The van der Waals surface area contributed by atoms with Gasteiger partial charge in [-0.1, -0.05) is 42.0 Å². The van der Waals surface area contributed by atoms with Crippen molar-refractivity contribution in [2.75, 3.05) is 0 Å². The highest BCUT2D eigenvalue weighted by Gasteiger charge is 2.08. The van der Waals surface area contributed by atoms with Gasteiger partial charge >= 0.3 is 6.03 Å². The van der Waals surface area contributed by atoms with Crippen molar-refractivity contribution in [3.05, 3.63) is 66.0 Å². The number of hydrogen-bond donors (Lipinski definition) is 1. The molecule has 0 aliphatic heterocycles. The largest absolute Gasteiger partial charge is 0.333 e. The molecule has 4 nitrogen and oxygen atoms in total. The number of para-hydroxylation sites is 2. The first-order chi connectivity index (χ1) is 9.74. The van der Waals surface area contributed by atoms with Crippen LogP contribution in [0, 0.1) is 6.92 Å². The molecule has 1 aromatic heterocycles. The molecule has 0 fully saturated rings. The van der Waals surface area contributed by atoms with Crippen LogP contribution in [0.25, 0.3) is 11.0 Å².